The molecule has 18 heavy (non-hydrogen) atoms. The van der Waals surface area contributed by atoms with Crippen LogP contribution in [0.4, 0.5) is 5.69 Å². The fourth-order valence-electron chi connectivity index (χ4n) is 1.80. The molecule has 1 N–H and O–H groups in total. The van der Waals surface area contributed by atoms with Crippen LogP contribution in [-0.4, -0.2) is 4.98 Å². The summed E-state index contributed by atoms with van der Waals surface area (Å²) in [6, 6.07) is 11.9. The number of aromatic nitrogens is 1. The van der Waals surface area contributed by atoms with E-state index in [0.717, 1.165) is 16.8 Å². The summed E-state index contributed by atoms with van der Waals surface area (Å²) in [6.45, 7) is 4.13. The predicted octanol–water partition coefficient (Wildman–Crippen LogP) is 3.43. The quantitative estimate of drug-likeness (QED) is 0.889. The number of benzene rings is 1. The molecular weight excluding hydrogens is 222 g/mol. The third kappa shape index (κ3) is 2.67. The Labute approximate surface area is 107 Å². The molecule has 1 heterocycles. The van der Waals surface area contributed by atoms with Crippen LogP contribution >= 0.6 is 0 Å². The second kappa shape index (κ2) is 5.33. The van der Waals surface area contributed by atoms with Crippen molar-refractivity contribution in [3.05, 3.63) is 59.4 Å². The standard InChI is InChI=1S/C15H15N3/c1-11-10-17-8-7-15(11)18-12(2)14-5-3-13(9-16)4-6-14/h3-8,10,12H,1-2H3,(H,17,18). The highest BCUT2D eigenvalue weighted by molar-refractivity contribution is 5.50. The van der Waals surface area contributed by atoms with E-state index < -0.39 is 0 Å². The van der Waals surface area contributed by atoms with Crippen LogP contribution in [0.5, 0.6) is 0 Å². The van der Waals surface area contributed by atoms with Gasteiger partial charge in [0.15, 0.2) is 0 Å². The van der Waals surface area contributed by atoms with Crippen LogP contribution in [0.25, 0.3) is 0 Å². The lowest BCUT2D eigenvalue weighted by Gasteiger charge is -2.17. The number of hydrogen-bond acceptors (Lipinski definition) is 3. The van der Waals surface area contributed by atoms with Gasteiger partial charge >= 0.3 is 0 Å². The summed E-state index contributed by atoms with van der Waals surface area (Å²) in [5.41, 5.74) is 4.05. The molecule has 1 aromatic heterocycles. The Kier molecular flexibility index (Phi) is 3.59. The second-order valence-corrected chi connectivity index (χ2v) is 4.29. The summed E-state index contributed by atoms with van der Waals surface area (Å²) < 4.78 is 0. The van der Waals surface area contributed by atoms with Gasteiger partial charge in [-0.1, -0.05) is 12.1 Å². The molecule has 0 spiro atoms. The third-order valence-electron chi connectivity index (χ3n) is 2.93. The minimum Gasteiger partial charge on any atom is -0.378 e. The molecule has 0 saturated carbocycles. The number of rotatable bonds is 3. The van der Waals surface area contributed by atoms with Crippen molar-refractivity contribution in [2.45, 2.75) is 19.9 Å². The zero-order valence-electron chi connectivity index (χ0n) is 10.5. The molecule has 3 heteroatoms. The lowest BCUT2D eigenvalue weighted by Crippen LogP contribution is -2.07. The van der Waals surface area contributed by atoms with E-state index >= 15 is 0 Å². The lowest BCUT2D eigenvalue weighted by atomic mass is 10.1. The topological polar surface area (TPSA) is 48.7 Å². The molecule has 0 aliphatic carbocycles. The van der Waals surface area contributed by atoms with E-state index in [1.54, 1.807) is 6.20 Å². The van der Waals surface area contributed by atoms with Gasteiger partial charge in [0, 0.05) is 24.1 Å². The van der Waals surface area contributed by atoms with Crippen molar-refractivity contribution in [2.24, 2.45) is 0 Å². The van der Waals surface area contributed by atoms with Crippen molar-refractivity contribution in [3.63, 3.8) is 0 Å². The maximum absolute atomic E-state index is 8.77. The van der Waals surface area contributed by atoms with Crippen LogP contribution in [0.2, 0.25) is 0 Å². The van der Waals surface area contributed by atoms with Crippen molar-refractivity contribution < 1.29 is 0 Å². The molecule has 0 aliphatic heterocycles. The number of aryl methyl sites for hydroxylation is 1. The Hall–Kier alpha value is -2.34. The van der Waals surface area contributed by atoms with Crippen molar-refractivity contribution >= 4 is 5.69 Å². The number of anilines is 1. The fraction of sp³-hybridized carbons (Fsp3) is 0.200. The van der Waals surface area contributed by atoms with Gasteiger partial charge in [0.05, 0.1) is 11.6 Å². The Morgan fingerprint density at radius 2 is 1.94 bits per heavy atom. The summed E-state index contributed by atoms with van der Waals surface area (Å²) >= 11 is 0. The van der Waals surface area contributed by atoms with Gasteiger partial charge < -0.3 is 5.32 Å². The third-order valence-corrected chi connectivity index (χ3v) is 2.93. The Morgan fingerprint density at radius 3 is 2.56 bits per heavy atom. The first-order chi connectivity index (χ1) is 8.70. The van der Waals surface area contributed by atoms with E-state index in [2.05, 4.69) is 23.3 Å². The average molecular weight is 237 g/mol. The van der Waals surface area contributed by atoms with Crippen LogP contribution in [0, 0.1) is 18.3 Å². The SMILES string of the molecule is Cc1cnccc1NC(C)c1ccc(C#N)cc1. The highest BCUT2D eigenvalue weighted by atomic mass is 14.9. The molecule has 1 aromatic carbocycles. The highest BCUT2D eigenvalue weighted by Crippen LogP contribution is 2.21. The van der Waals surface area contributed by atoms with Gasteiger partial charge in [0.2, 0.25) is 0 Å². The first-order valence-electron chi connectivity index (χ1n) is 5.88. The van der Waals surface area contributed by atoms with Gasteiger partial charge in [-0.2, -0.15) is 5.26 Å². The maximum atomic E-state index is 8.77. The van der Waals surface area contributed by atoms with E-state index in [1.165, 1.54) is 0 Å². The molecule has 2 aromatic rings. The summed E-state index contributed by atoms with van der Waals surface area (Å²) in [5.74, 6) is 0. The molecule has 0 aliphatic rings. The average Bonchev–Trinajstić information content (AvgIpc) is 2.41. The van der Waals surface area contributed by atoms with Crippen LogP contribution < -0.4 is 5.32 Å². The van der Waals surface area contributed by atoms with Crippen LogP contribution in [0.3, 0.4) is 0 Å². The zero-order chi connectivity index (χ0) is 13.0. The number of hydrogen-bond donors (Lipinski definition) is 1. The molecule has 0 amide bonds. The zero-order valence-corrected chi connectivity index (χ0v) is 10.5. The van der Waals surface area contributed by atoms with Gasteiger partial charge in [-0.15, -0.1) is 0 Å². The van der Waals surface area contributed by atoms with Crippen LogP contribution in [0.1, 0.15) is 29.7 Å². The van der Waals surface area contributed by atoms with Crippen molar-refractivity contribution in [1.82, 2.24) is 4.98 Å². The summed E-state index contributed by atoms with van der Waals surface area (Å²) in [5, 5.41) is 12.2. The molecule has 1 unspecified atom stereocenters. The van der Waals surface area contributed by atoms with Gasteiger partial charge in [-0.25, -0.2) is 0 Å². The Morgan fingerprint density at radius 1 is 1.22 bits per heavy atom. The summed E-state index contributed by atoms with van der Waals surface area (Å²) in [7, 11) is 0. The largest absolute Gasteiger partial charge is 0.378 e. The second-order valence-electron chi connectivity index (χ2n) is 4.29. The minimum absolute atomic E-state index is 0.193. The molecule has 0 fully saturated rings. The molecule has 0 saturated heterocycles. The summed E-state index contributed by atoms with van der Waals surface area (Å²) in [4.78, 5) is 4.07. The predicted molar refractivity (Wildman–Crippen MR) is 72.2 cm³/mol. The monoisotopic (exact) mass is 237 g/mol. The normalized spacial score (nSPS) is 11.6. The maximum Gasteiger partial charge on any atom is 0.0991 e. The summed E-state index contributed by atoms with van der Waals surface area (Å²) in [6.07, 6.45) is 3.62. The van der Waals surface area contributed by atoms with E-state index in [4.69, 9.17) is 5.26 Å². The molecule has 90 valence electrons. The van der Waals surface area contributed by atoms with E-state index in [-0.39, 0.29) is 6.04 Å². The first-order valence-corrected chi connectivity index (χ1v) is 5.88. The molecule has 0 radical (unpaired) electrons. The van der Waals surface area contributed by atoms with Crippen molar-refractivity contribution in [2.75, 3.05) is 5.32 Å². The van der Waals surface area contributed by atoms with E-state index in [1.807, 2.05) is 43.5 Å². The first kappa shape index (κ1) is 12.1. The molecule has 0 bridgehead atoms. The number of nitrogens with one attached hydrogen (secondary N) is 1. The van der Waals surface area contributed by atoms with Crippen molar-refractivity contribution in [1.29, 1.82) is 5.26 Å². The molecule has 1 atom stereocenters. The fourth-order valence-corrected chi connectivity index (χ4v) is 1.80. The number of nitriles is 1. The highest BCUT2D eigenvalue weighted by Gasteiger charge is 2.06. The van der Waals surface area contributed by atoms with E-state index in [9.17, 15) is 0 Å². The van der Waals surface area contributed by atoms with Gasteiger partial charge in [-0.3, -0.25) is 4.98 Å². The minimum atomic E-state index is 0.193. The van der Waals surface area contributed by atoms with Gasteiger partial charge in [-0.05, 0) is 43.2 Å². The van der Waals surface area contributed by atoms with Crippen LogP contribution in [-0.2, 0) is 0 Å². The molecule has 3 nitrogen and oxygen atoms in total. The van der Waals surface area contributed by atoms with E-state index in [0.29, 0.717) is 5.56 Å². The Balaban J connectivity index is 2.15. The van der Waals surface area contributed by atoms with Gasteiger partial charge in [0.1, 0.15) is 0 Å². The smallest absolute Gasteiger partial charge is 0.0991 e. The number of nitrogens with zero attached hydrogens (tertiary/aromatic N) is 2. The van der Waals surface area contributed by atoms with Gasteiger partial charge in [0.25, 0.3) is 0 Å². The molecule has 2 rings (SSSR count). The van der Waals surface area contributed by atoms with Crippen LogP contribution in [0.15, 0.2) is 42.7 Å². The number of pyridine rings is 1. The van der Waals surface area contributed by atoms with Crippen molar-refractivity contribution in [3.8, 4) is 6.07 Å². The molecular formula is C15H15N3. The Bertz CT molecular complexity index is 567. The lowest BCUT2D eigenvalue weighted by molar-refractivity contribution is 0.881.